The largest absolute Gasteiger partial charge is 0.384 e. The zero-order valence-corrected chi connectivity index (χ0v) is 12.2. The molecule has 0 radical (unpaired) electrons. The van der Waals surface area contributed by atoms with Gasteiger partial charge in [0.25, 0.3) is 0 Å². The molecule has 1 atom stereocenters. The summed E-state index contributed by atoms with van der Waals surface area (Å²) in [5.41, 5.74) is 0.326. The highest BCUT2D eigenvalue weighted by Gasteiger charge is 2.25. The zero-order chi connectivity index (χ0) is 14.6. The molecule has 1 unspecified atom stereocenters. The van der Waals surface area contributed by atoms with Crippen molar-refractivity contribution in [1.82, 2.24) is 4.72 Å². The van der Waals surface area contributed by atoms with Crippen LogP contribution in [0.5, 0.6) is 0 Å². The van der Waals surface area contributed by atoms with E-state index in [-0.39, 0.29) is 17.5 Å². The summed E-state index contributed by atoms with van der Waals surface area (Å²) in [6.07, 6.45) is 0.756. The number of sulfonamides is 1. The molecule has 7 heteroatoms. The van der Waals surface area contributed by atoms with Crippen molar-refractivity contribution in [2.75, 3.05) is 18.1 Å². The van der Waals surface area contributed by atoms with E-state index >= 15 is 0 Å². The summed E-state index contributed by atoms with van der Waals surface area (Å²) < 4.78 is 40.6. The predicted octanol–water partition coefficient (Wildman–Crippen LogP) is 0.953. The Morgan fingerprint density at radius 1 is 1.50 bits per heavy atom. The van der Waals surface area contributed by atoms with Crippen molar-refractivity contribution in [2.24, 2.45) is 0 Å². The second-order valence-electron chi connectivity index (χ2n) is 4.29. The second-order valence-corrected chi connectivity index (χ2v) is 7.12. The van der Waals surface area contributed by atoms with Crippen LogP contribution in [-0.2, 0) is 10.0 Å². The van der Waals surface area contributed by atoms with Crippen molar-refractivity contribution in [3.8, 4) is 11.8 Å². The third-order valence-corrected chi connectivity index (χ3v) is 5.50. The van der Waals surface area contributed by atoms with E-state index in [4.69, 9.17) is 5.11 Å². The highest BCUT2D eigenvalue weighted by molar-refractivity contribution is 7.99. The fourth-order valence-corrected chi connectivity index (χ4v) is 4.44. The van der Waals surface area contributed by atoms with Crippen molar-refractivity contribution >= 4 is 21.8 Å². The monoisotopic (exact) mass is 315 g/mol. The summed E-state index contributed by atoms with van der Waals surface area (Å²) in [5.74, 6) is 5.69. The summed E-state index contributed by atoms with van der Waals surface area (Å²) in [6, 6.07) is 3.53. The number of halogens is 1. The molecule has 2 rings (SSSR count). The van der Waals surface area contributed by atoms with Crippen LogP contribution in [-0.4, -0.2) is 37.7 Å². The molecule has 1 heterocycles. The fourth-order valence-electron chi connectivity index (χ4n) is 1.85. The molecular weight excluding hydrogens is 301 g/mol. The first-order valence-corrected chi connectivity index (χ1v) is 8.66. The van der Waals surface area contributed by atoms with E-state index in [1.165, 1.54) is 12.1 Å². The summed E-state index contributed by atoms with van der Waals surface area (Å²) in [5, 5.41) is 8.56. The Morgan fingerprint density at radius 2 is 2.30 bits per heavy atom. The van der Waals surface area contributed by atoms with E-state index in [2.05, 4.69) is 16.6 Å². The molecule has 1 saturated heterocycles. The van der Waals surface area contributed by atoms with Gasteiger partial charge >= 0.3 is 0 Å². The third kappa shape index (κ3) is 3.73. The minimum atomic E-state index is -3.85. The minimum Gasteiger partial charge on any atom is -0.384 e. The van der Waals surface area contributed by atoms with Crippen molar-refractivity contribution in [1.29, 1.82) is 0 Å². The summed E-state index contributed by atoms with van der Waals surface area (Å²) in [4.78, 5) is -0.371. The van der Waals surface area contributed by atoms with Gasteiger partial charge in [-0.2, -0.15) is 11.8 Å². The molecule has 1 aliphatic rings. The Bertz CT molecular complexity index is 643. The number of nitrogens with one attached hydrogen (secondary N) is 1. The first kappa shape index (κ1) is 15.3. The van der Waals surface area contributed by atoms with Crippen LogP contribution in [0.4, 0.5) is 4.39 Å². The molecule has 0 aromatic heterocycles. The topological polar surface area (TPSA) is 66.4 Å². The molecule has 0 spiro atoms. The normalized spacial score (nSPS) is 18.6. The minimum absolute atomic E-state index is 0.141. The van der Waals surface area contributed by atoms with E-state index in [0.717, 1.165) is 18.2 Å². The Labute approximate surface area is 121 Å². The van der Waals surface area contributed by atoms with Crippen molar-refractivity contribution in [2.45, 2.75) is 17.4 Å². The molecule has 2 N–H and O–H groups in total. The van der Waals surface area contributed by atoms with Crippen LogP contribution in [0, 0.1) is 17.7 Å². The molecule has 0 amide bonds. The molecular formula is C13H14FNO3S2. The first-order valence-electron chi connectivity index (χ1n) is 6.02. The Morgan fingerprint density at radius 3 is 2.90 bits per heavy atom. The van der Waals surface area contributed by atoms with Crippen molar-refractivity contribution in [3.63, 3.8) is 0 Å². The summed E-state index contributed by atoms with van der Waals surface area (Å²) >= 11 is 1.67. The molecule has 1 aromatic rings. The number of hydrogen-bond donors (Lipinski definition) is 2. The lowest BCUT2D eigenvalue weighted by atomic mass is 10.2. The van der Waals surface area contributed by atoms with Gasteiger partial charge in [-0.25, -0.2) is 17.5 Å². The molecule has 0 saturated carbocycles. The number of aliphatic hydroxyl groups excluding tert-OH is 1. The highest BCUT2D eigenvalue weighted by Crippen LogP contribution is 2.21. The van der Waals surface area contributed by atoms with Crippen LogP contribution in [0.1, 0.15) is 12.0 Å². The van der Waals surface area contributed by atoms with Gasteiger partial charge in [-0.1, -0.05) is 11.8 Å². The van der Waals surface area contributed by atoms with Gasteiger partial charge in [-0.3, -0.25) is 0 Å². The number of hydrogen-bond acceptors (Lipinski definition) is 4. The van der Waals surface area contributed by atoms with Crippen LogP contribution >= 0.6 is 11.8 Å². The van der Waals surface area contributed by atoms with E-state index in [9.17, 15) is 12.8 Å². The van der Waals surface area contributed by atoms with Gasteiger partial charge in [-0.15, -0.1) is 0 Å². The smallest absolute Gasteiger partial charge is 0.243 e. The van der Waals surface area contributed by atoms with Gasteiger partial charge < -0.3 is 5.11 Å². The first-order chi connectivity index (χ1) is 9.53. The van der Waals surface area contributed by atoms with Crippen molar-refractivity contribution < 1.29 is 17.9 Å². The zero-order valence-electron chi connectivity index (χ0n) is 10.6. The van der Waals surface area contributed by atoms with Gasteiger partial charge in [0.2, 0.25) is 10.0 Å². The fraction of sp³-hybridized carbons (Fsp3) is 0.385. The molecule has 20 heavy (non-hydrogen) atoms. The average molecular weight is 315 g/mol. The van der Waals surface area contributed by atoms with E-state index < -0.39 is 15.8 Å². The quantitative estimate of drug-likeness (QED) is 0.815. The van der Waals surface area contributed by atoms with Gasteiger partial charge in [0.1, 0.15) is 17.3 Å². The molecule has 0 aliphatic carbocycles. The number of benzene rings is 1. The molecule has 1 fully saturated rings. The maximum absolute atomic E-state index is 13.9. The maximum atomic E-state index is 13.9. The lowest BCUT2D eigenvalue weighted by molar-refractivity contribution is 0.350. The Hall–Kier alpha value is -1.07. The van der Waals surface area contributed by atoms with E-state index in [1.54, 1.807) is 11.8 Å². The predicted molar refractivity (Wildman–Crippen MR) is 76.4 cm³/mol. The maximum Gasteiger partial charge on any atom is 0.243 e. The molecule has 1 aromatic carbocycles. The van der Waals surface area contributed by atoms with Crippen LogP contribution in [0.2, 0.25) is 0 Å². The molecule has 4 nitrogen and oxygen atoms in total. The van der Waals surface area contributed by atoms with Crippen LogP contribution < -0.4 is 4.72 Å². The Kier molecular flexibility index (Phi) is 5.05. The van der Waals surface area contributed by atoms with Gasteiger partial charge in [0.15, 0.2) is 0 Å². The number of thioether (sulfide) groups is 1. The molecule has 108 valence electrons. The van der Waals surface area contributed by atoms with E-state index in [0.29, 0.717) is 11.3 Å². The van der Waals surface area contributed by atoms with Crippen LogP contribution in [0.3, 0.4) is 0 Å². The number of aliphatic hydroxyl groups is 1. The lowest BCUT2D eigenvalue weighted by Crippen LogP contribution is -2.35. The lowest BCUT2D eigenvalue weighted by Gasteiger charge is -2.12. The summed E-state index contributed by atoms with van der Waals surface area (Å²) in [7, 11) is -3.85. The second kappa shape index (κ2) is 6.59. The molecule has 1 aliphatic heterocycles. The van der Waals surface area contributed by atoms with Crippen molar-refractivity contribution in [3.05, 3.63) is 29.6 Å². The SMILES string of the molecule is O=S(=O)(NC1CCSC1)c1ccc(C#CCO)cc1F. The highest BCUT2D eigenvalue weighted by atomic mass is 32.2. The standard InChI is InChI=1S/C13H14FNO3S2/c14-12-8-10(2-1-6-16)3-4-13(12)20(17,18)15-11-5-7-19-9-11/h3-4,8,11,15-16H,5-7,9H2. The van der Waals surface area contributed by atoms with Gasteiger partial charge in [0.05, 0.1) is 0 Å². The van der Waals surface area contributed by atoms with Crippen LogP contribution in [0.15, 0.2) is 23.1 Å². The Balaban J connectivity index is 2.23. The van der Waals surface area contributed by atoms with Gasteiger partial charge in [0, 0.05) is 17.4 Å². The average Bonchev–Trinajstić information content (AvgIpc) is 2.88. The third-order valence-electron chi connectivity index (χ3n) is 2.78. The van der Waals surface area contributed by atoms with Gasteiger partial charge in [-0.05, 0) is 30.4 Å². The molecule has 0 bridgehead atoms. The van der Waals surface area contributed by atoms with Crippen LogP contribution in [0.25, 0.3) is 0 Å². The van der Waals surface area contributed by atoms with E-state index in [1.807, 2.05) is 0 Å². The number of rotatable bonds is 3. The summed E-state index contributed by atoms with van der Waals surface area (Å²) in [6.45, 7) is -0.331.